The van der Waals surface area contributed by atoms with Gasteiger partial charge in [-0.3, -0.25) is 0 Å². The molecule has 118 valence electrons. The maximum absolute atomic E-state index is 12.9. The summed E-state index contributed by atoms with van der Waals surface area (Å²) in [6.07, 6.45) is -1.04. The van der Waals surface area contributed by atoms with Crippen molar-refractivity contribution in [1.29, 1.82) is 0 Å². The number of hydrogen-bond acceptors (Lipinski definition) is 5. The van der Waals surface area contributed by atoms with E-state index in [1.54, 1.807) is 0 Å². The molecule has 2 N–H and O–H groups in total. The van der Waals surface area contributed by atoms with Crippen LogP contribution in [0.1, 0.15) is 25.3 Å². The fourth-order valence-corrected chi connectivity index (χ4v) is 1.79. The Kier molecular flexibility index (Phi) is 5.13. The molecule has 0 fully saturated rings. The van der Waals surface area contributed by atoms with E-state index in [1.807, 2.05) is 0 Å². The first-order valence-corrected chi connectivity index (χ1v) is 6.87. The van der Waals surface area contributed by atoms with Crippen LogP contribution >= 0.6 is 0 Å². The van der Waals surface area contributed by atoms with Gasteiger partial charge in [0.05, 0.1) is 17.4 Å². The predicted octanol–water partition coefficient (Wildman–Crippen LogP) is 3.85. The smallest absolute Gasteiger partial charge is 0.369 e. The molecular weight excluding hydrogens is 295 g/mol. The molecule has 0 aliphatic carbocycles. The number of hydrogen-bond donors (Lipinski definition) is 2. The van der Waals surface area contributed by atoms with Gasteiger partial charge in [0.15, 0.2) is 5.82 Å². The van der Waals surface area contributed by atoms with E-state index >= 15 is 0 Å². The van der Waals surface area contributed by atoms with Crippen molar-refractivity contribution in [2.75, 3.05) is 17.2 Å². The molecule has 0 radical (unpaired) electrons. The summed E-state index contributed by atoms with van der Waals surface area (Å²) in [5.41, 5.74) is -0.884. The van der Waals surface area contributed by atoms with Crippen LogP contribution in [0.3, 0.4) is 0 Å². The van der Waals surface area contributed by atoms with E-state index in [4.69, 9.17) is 0 Å². The summed E-state index contributed by atoms with van der Waals surface area (Å²) < 4.78 is 38.8. The number of unbranched alkanes of at least 4 members (excludes halogenated alkanes) is 1. The van der Waals surface area contributed by atoms with Gasteiger partial charge in [0.25, 0.3) is 0 Å². The van der Waals surface area contributed by atoms with Crippen LogP contribution in [0, 0.1) is 0 Å². The van der Waals surface area contributed by atoms with Crippen molar-refractivity contribution in [3.8, 4) is 0 Å². The van der Waals surface area contributed by atoms with E-state index in [1.165, 1.54) is 24.4 Å². The Labute approximate surface area is 126 Å². The van der Waals surface area contributed by atoms with E-state index in [0.717, 1.165) is 18.9 Å². The normalized spacial score (nSPS) is 11.3. The van der Waals surface area contributed by atoms with Gasteiger partial charge in [-0.1, -0.05) is 25.5 Å². The predicted molar refractivity (Wildman–Crippen MR) is 78.0 cm³/mol. The average molecular weight is 311 g/mol. The number of alkyl halides is 3. The van der Waals surface area contributed by atoms with Crippen molar-refractivity contribution < 1.29 is 13.2 Å². The Hall–Kier alpha value is -2.38. The number of nitrogens with one attached hydrogen (secondary N) is 2. The second kappa shape index (κ2) is 7.06. The number of rotatable bonds is 6. The highest BCUT2D eigenvalue weighted by Crippen LogP contribution is 2.35. The summed E-state index contributed by atoms with van der Waals surface area (Å²) in [6.45, 7) is 2.77. The minimum atomic E-state index is -4.45. The molecule has 0 aliphatic rings. The molecule has 22 heavy (non-hydrogen) atoms. The van der Waals surface area contributed by atoms with Crippen LogP contribution in [0.4, 0.5) is 30.6 Å². The third-order valence-corrected chi connectivity index (χ3v) is 2.87. The second-order valence-electron chi connectivity index (χ2n) is 4.61. The maximum atomic E-state index is 12.9. The van der Waals surface area contributed by atoms with Crippen LogP contribution in [-0.2, 0) is 6.18 Å². The van der Waals surface area contributed by atoms with E-state index in [9.17, 15) is 13.2 Å². The zero-order chi connectivity index (χ0) is 16.0. The van der Waals surface area contributed by atoms with Gasteiger partial charge in [0.1, 0.15) is 0 Å². The highest BCUT2D eigenvalue weighted by Gasteiger charge is 2.33. The van der Waals surface area contributed by atoms with E-state index in [2.05, 4.69) is 32.7 Å². The van der Waals surface area contributed by atoms with Crippen LogP contribution in [0.25, 0.3) is 0 Å². The number of nitrogens with zero attached hydrogens (tertiary/aromatic N) is 3. The fourth-order valence-electron chi connectivity index (χ4n) is 1.79. The van der Waals surface area contributed by atoms with Crippen molar-refractivity contribution in [3.63, 3.8) is 0 Å². The van der Waals surface area contributed by atoms with Crippen LogP contribution in [0.5, 0.6) is 0 Å². The molecule has 5 nitrogen and oxygen atoms in total. The molecule has 8 heteroatoms. The molecular formula is C14H16F3N5. The molecule has 1 heterocycles. The van der Waals surface area contributed by atoms with Crippen LogP contribution < -0.4 is 10.6 Å². The monoisotopic (exact) mass is 311 g/mol. The Balaban J connectivity index is 2.16. The topological polar surface area (TPSA) is 62.7 Å². The van der Waals surface area contributed by atoms with E-state index < -0.39 is 11.7 Å². The summed E-state index contributed by atoms with van der Waals surface area (Å²) in [7, 11) is 0. The average Bonchev–Trinajstić information content (AvgIpc) is 2.47. The number of anilines is 3. The molecule has 0 saturated carbocycles. The van der Waals surface area contributed by atoms with Gasteiger partial charge in [0, 0.05) is 6.54 Å². The molecule has 0 unspecified atom stereocenters. The third kappa shape index (κ3) is 4.31. The number of benzene rings is 1. The lowest BCUT2D eigenvalue weighted by atomic mass is 10.1. The van der Waals surface area contributed by atoms with Gasteiger partial charge < -0.3 is 10.6 Å². The molecule has 0 saturated heterocycles. The van der Waals surface area contributed by atoms with Crippen molar-refractivity contribution >= 4 is 17.5 Å². The van der Waals surface area contributed by atoms with Gasteiger partial charge in [-0.15, -0.1) is 5.10 Å². The lowest BCUT2D eigenvalue weighted by molar-refractivity contribution is -0.136. The lowest BCUT2D eigenvalue weighted by Gasteiger charge is -2.13. The molecule has 0 aliphatic heterocycles. The minimum Gasteiger partial charge on any atom is -0.369 e. The Morgan fingerprint density at radius 3 is 2.68 bits per heavy atom. The highest BCUT2D eigenvalue weighted by molar-refractivity contribution is 5.59. The molecule has 1 aromatic heterocycles. The summed E-state index contributed by atoms with van der Waals surface area (Å²) >= 11 is 0. The van der Waals surface area contributed by atoms with Crippen molar-refractivity contribution in [3.05, 3.63) is 36.0 Å². The van der Waals surface area contributed by atoms with Crippen LogP contribution in [0.2, 0.25) is 0 Å². The molecule has 0 amide bonds. The highest BCUT2D eigenvalue weighted by atomic mass is 19.4. The summed E-state index contributed by atoms with van der Waals surface area (Å²) in [5, 5.41) is 13.0. The first kappa shape index (κ1) is 16.0. The Bertz CT molecular complexity index is 615. The van der Waals surface area contributed by atoms with Crippen LogP contribution in [0.15, 0.2) is 30.5 Å². The van der Waals surface area contributed by atoms with Gasteiger partial charge in [0.2, 0.25) is 5.95 Å². The lowest BCUT2D eigenvalue weighted by Crippen LogP contribution is -2.11. The fraction of sp³-hybridized carbons (Fsp3) is 0.357. The summed E-state index contributed by atoms with van der Waals surface area (Å²) in [6, 6.07) is 5.16. The molecule has 1 aromatic carbocycles. The van der Waals surface area contributed by atoms with Crippen molar-refractivity contribution in [2.24, 2.45) is 0 Å². The van der Waals surface area contributed by atoms with E-state index in [-0.39, 0.29) is 11.6 Å². The number of para-hydroxylation sites is 1. The standard InChI is InChI=1S/C14H16F3N5/c1-2-3-8-18-12-9-19-22-13(21-12)20-11-7-5-4-6-10(11)14(15,16)17/h4-7,9H,2-3,8H2,1H3,(H2,18,20,21,22). The quantitative estimate of drug-likeness (QED) is 0.794. The zero-order valence-electron chi connectivity index (χ0n) is 12.0. The Morgan fingerprint density at radius 2 is 1.95 bits per heavy atom. The van der Waals surface area contributed by atoms with Crippen LogP contribution in [-0.4, -0.2) is 21.7 Å². The first-order chi connectivity index (χ1) is 10.5. The second-order valence-corrected chi connectivity index (χ2v) is 4.61. The summed E-state index contributed by atoms with van der Waals surface area (Å²) in [5.74, 6) is 0.480. The van der Waals surface area contributed by atoms with Gasteiger partial charge in [-0.2, -0.15) is 23.3 Å². The molecule has 0 spiro atoms. The minimum absolute atomic E-state index is 0.0122. The van der Waals surface area contributed by atoms with Gasteiger partial charge in [-0.25, -0.2) is 0 Å². The zero-order valence-corrected chi connectivity index (χ0v) is 12.0. The molecule has 2 aromatic rings. The maximum Gasteiger partial charge on any atom is 0.418 e. The van der Waals surface area contributed by atoms with Crippen molar-refractivity contribution in [1.82, 2.24) is 15.2 Å². The van der Waals surface area contributed by atoms with Crippen molar-refractivity contribution in [2.45, 2.75) is 25.9 Å². The first-order valence-electron chi connectivity index (χ1n) is 6.87. The van der Waals surface area contributed by atoms with Gasteiger partial charge >= 0.3 is 6.18 Å². The number of aromatic nitrogens is 3. The Morgan fingerprint density at radius 1 is 1.18 bits per heavy atom. The largest absolute Gasteiger partial charge is 0.418 e. The third-order valence-electron chi connectivity index (χ3n) is 2.87. The molecule has 2 rings (SSSR count). The summed E-state index contributed by atoms with van der Waals surface area (Å²) in [4.78, 5) is 4.10. The molecule has 0 atom stereocenters. The molecule has 0 bridgehead atoms. The SMILES string of the molecule is CCCCNc1cnnc(Nc2ccccc2C(F)(F)F)n1. The van der Waals surface area contributed by atoms with E-state index in [0.29, 0.717) is 12.4 Å². The number of halogens is 3. The van der Waals surface area contributed by atoms with Gasteiger partial charge in [-0.05, 0) is 18.6 Å².